The summed E-state index contributed by atoms with van der Waals surface area (Å²) >= 11 is 0. The zero-order valence-electron chi connectivity index (χ0n) is 11.7. The average Bonchev–Trinajstić information content (AvgIpc) is 2.32. The molecule has 2 heteroatoms. The van der Waals surface area contributed by atoms with Gasteiger partial charge < -0.3 is 9.47 Å². The molecule has 0 aliphatic heterocycles. The first kappa shape index (κ1) is 15.9. The van der Waals surface area contributed by atoms with Crippen molar-refractivity contribution < 1.29 is 9.47 Å². The maximum absolute atomic E-state index is 5.64. The summed E-state index contributed by atoms with van der Waals surface area (Å²) in [5.41, 5.74) is 0.251. The smallest absolute Gasteiger partial charge is 0.0544 e. The monoisotopic (exact) mass is 230 g/mol. The fraction of sp³-hybridized carbons (Fsp3) is 1.00. The summed E-state index contributed by atoms with van der Waals surface area (Å²) in [4.78, 5) is 0. The Morgan fingerprint density at radius 3 is 1.75 bits per heavy atom. The van der Waals surface area contributed by atoms with Gasteiger partial charge in [0.1, 0.15) is 0 Å². The number of hydrogen-bond acceptors (Lipinski definition) is 2. The molecule has 0 aliphatic carbocycles. The predicted octanol–water partition coefficient (Wildman–Crippen LogP) is 4.04. The maximum Gasteiger partial charge on any atom is 0.0544 e. The van der Waals surface area contributed by atoms with Crippen molar-refractivity contribution in [1.82, 2.24) is 0 Å². The number of unbranched alkanes of at least 4 members (excludes halogenated alkanes) is 2. The molecule has 0 spiro atoms. The second-order valence-corrected chi connectivity index (χ2v) is 4.58. The van der Waals surface area contributed by atoms with E-state index in [1.807, 2.05) is 0 Å². The molecule has 0 amide bonds. The largest absolute Gasteiger partial charge is 0.381 e. The van der Waals surface area contributed by atoms with Gasteiger partial charge in [-0.05, 0) is 26.7 Å². The lowest BCUT2D eigenvalue weighted by Gasteiger charge is -2.32. The summed E-state index contributed by atoms with van der Waals surface area (Å²) in [7, 11) is 0. The normalized spacial score (nSPS) is 12.0. The van der Waals surface area contributed by atoms with Gasteiger partial charge in [0.15, 0.2) is 0 Å². The number of ether oxygens (including phenoxy) is 2. The van der Waals surface area contributed by atoms with Crippen molar-refractivity contribution >= 4 is 0 Å². The Bertz CT molecular complexity index is 138. The average molecular weight is 230 g/mol. The van der Waals surface area contributed by atoms with Crippen molar-refractivity contribution in [3.63, 3.8) is 0 Å². The van der Waals surface area contributed by atoms with Crippen LogP contribution in [-0.4, -0.2) is 26.4 Å². The van der Waals surface area contributed by atoms with Gasteiger partial charge in [-0.2, -0.15) is 0 Å². The van der Waals surface area contributed by atoms with Gasteiger partial charge in [-0.3, -0.25) is 0 Å². The first-order chi connectivity index (χ1) is 7.74. The molecule has 0 aliphatic rings. The highest BCUT2D eigenvalue weighted by molar-refractivity contribution is 4.77. The molecule has 0 heterocycles. The quantitative estimate of drug-likeness (QED) is 0.499. The molecule has 0 radical (unpaired) electrons. The molecule has 0 saturated heterocycles. The van der Waals surface area contributed by atoms with Crippen LogP contribution in [0.1, 0.15) is 59.8 Å². The Morgan fingerprint density at radius 2 is 1.38 bits per heavy atom. The van der Waals surface area contributed by atoms with Gasteiger partial charge in [0.25, 0.3) is 0 Å². The zero-order valence-corrected chi connectivity index (χ0v) is 11.7. The molecule has 0 rings (SSSR count). The minimum absolute atomic E-state index is 0.251. The lowest BCUT2D eigenvalue weighted by atomic mass is 9.81. The van der Waals surface area contributed by atoms with Gasteiger partial charge in [0.2, 0.25) is 0 Å². The zero-order chi connectivity index (χ0) is 12.3. The predicted molar refractivity (Wildman–Crippen MR) is 69.9 cm³/mol. The molecule has 0 unspecified atom stereocenters. The first-order valence-corrected chi connectivity index (χ1v) is 6.90. The molecule has 16 heavy (non-hydrogen) atoms. The summed E-state index contributed by atoms with van der Waals surface area (Å²) in [5, 5.41) is 0. The highest BCUT2D eigenvalue weighted by Crippen LogP contribution is 2.30. The highest BCUT2D eigenvalue weighted by atomic mass is 16.5. The van der Waals surface area contributed by atoms with Crippen LogP contribution in [0.2, 0.25) is 0 Å². The van der Waals surface area contributed by atoms with Gasteiger partial charge in [0.05, 0.1) is 13.2 Å². The van der Waals surface area contributed by atoms with Gasteiger partial charge in [-0.25, -0.2) is 0 Å². The van der Waals surface area contributed by atoms with E-state index in [2.05, 4.69) is 27.7 Å². The summed E-state index contributed by atoms with van der Waals surface area (Å²) in [6.07, 6.45) is 6.28. The molecular weight excluding hydrogens is 200 g/mol. The van der Waals surface area contributed by atoms with E-state index in [1.165, 1.54) is 25.7 Å². The van der Waals surface area contributed by atoms with Crippen LogP contribution in [0.15, 0.2) is 0 Å². The first-order valence-electron chi connectivity index (χ1n) is 6.90. The molecule has 0 aromatic rings. The lowest BCUT2D eigenvalue weighted by molar-refractivity contribution is -0.0251. The highest BCUT2D eigenvalue weighted by Gasteiger charge is 2.28. The van der Waals surface area contributed by atoms with E-state index in [0.717, 1.165) is 32.8 Å². The van der Waals surface area contributed by atoms with E-state index >= 15 is 0 Å². The summed E-state index contributed by atoms with van der Waals surface area (Å²) in [6, 6.07) is 0. The molecule has 0 atom stereocenters. The lowest BCUT2D eigenvalue weighted by Crippen LogP contribution is -2.32. The van der Waals surface area contributed by atoms with E-state index < -0.39 is 0 Å². The molecule has 0 aromatic heterocycles. The van der Waals surface area contributed by atoms with Crippen molar-refractivity contribution in [2.24, 2.45) is 5.41 Å². The van der Waals surface area contributed by atoms with Gasteiger partial charge in [-0.15, -0.1) is 0 Å². The van der Waals surface area contributed by atoms with Crippen molar-refractivity contribution in [1.29, 1.82) is 0 Å². The van der Waals surface area contributed by atoms with Crippen LogP contribution in [0.25, 0.3) is 0 Å². The molecule has 0 aromatic carbocycles. The van der Waals surface area contributed by atoms with Crippen LogP contribution < -0.4 is 0 Å². The van der Waals surface area contributed by atoms with Gasteiger partial charge in [-0.1, -0.05) is 33.1 Å². The molecule has 0 bridgehead atoms. The standard InChI is InChI=1S/C14H30O2/c1-5-9-10-11-14(6-2,12-15-7-3)13-16-8-4/h5-13H2,1-4H3. The molecule has 0 saturated carbocycles. The third kappa shape index (κ3) is 6.49. The van der Waals surface area contributed by atoms with E-state index in [4.69, 9.17) is 9.47 Å². The van der Waals surface area contributed by atoms with Crippen LogP contribution in [-0.2, 0) is 9.47 Å². The van der Waals surface area contributed by atoms with Gasteiger partial charge in [0, 0.05) is 18.6 Å². The van der Waals surface area contributed by atoms with Crippen molar-refractivity contribution in [3.8, 4) is 0 Å². The van der Waals surface area contributed by atoms with Gasteiger partial charge >= 0.3 is 0 Å². The third-order valence-electron chi connectivity index (χ3n) is 3.29. The van der Waals surface area contributed by atoms with Crippen molar-refractivity contribution in [2.45, 2.75) is 59.8 Å². The van der Waals surface area contributed by atoms with Crippen LogP contribution in [0.4, 0.5) is 0 Å². The van der Waals surface area contributed by atoms with Crippen LogP contribution in [0.5, 0.6) is 0 Å². The molecule has 2 nitrogen and oxygen atoms in total. The molecular formula is C14H30O2. The van der Waals surface area contributed by atoms with Crippen molar-refractivity contribution in [3.05, 3.63) is 0 Å². The van der Waals surface area contributed by atoms with Crippen LogP contribution in [0, 0.1) is 5.41 Å². The SMILES string of the molecule is CCCCCC(CC)(COCC)COCC. The fourth-order valence-electron chi connectivity index (χ4n) is 1.95. The van der Waals surface area contributed by atoms with E-state index in [0.29, 0.717) is 0 Å². The maximum atomic E-state index is 5.64. The number of hydrogen-bond donors (Lipinski definition) is 0. The summed E-state index contributed by atoms with van der Waals surface area (Å²) in [5.74, 6) is 0. The van der Waals surface area contributed by atoms with Crippen molar-refractivity contribution in [2.75, 3.05) is 26.4 Å². The third-order valence-corrected chi connectivity index (χ3v) is 3.29. The summed E-state index contributed by atoms with van der Waals surface area (Å²) < 4.78 is 11.3. The fourth-order valence-corrected chi connectivity index (χ4v) is 1.95. The Morgan fingerprint density at radius 1 is 0.812 bits per heavy atom. The van der Waals surface area contributed by atoms with E-state index in [-0.39, 0.29) is 5.41 Å². The topological polar surface area (TPSA) is 18.5 Å². The summed E-state index contributed by atoms with van der Waals surface area (Å²) in [6.45, 7) is 11.9. The van der Waals surface area contributed by atoms with E-state index in [1.54, 1.807) is 0 Å². The Balaban J connectivity index is 4.16. The Labute approximate surface area is 102 Å². The molecule has 0 N–H and O–H groups in total. The molecule has 98 valence electrons. The second-order valence-electron chi connectivity index (χ2n) is 4.58. The minimum atomic E-state index is 0.251. The minimum Gasteiger partial charge on any atom is -0.381 e. The molecule has 0 fully saturated rings. The Kier molecular flexibility index (Phi) is 10.0. The second kappa shape index (κ2) is 10.1. The van der Waals surface area contributed by atoms with Crippen LogP contribution >= 0.6 is 0 Å². The van der Waals surface area contributed by atoms with Crippen LogP contribution in [0.3, 0.4) is 0 Å². The number of rotatable bonds is 11. The Hall–Kier alpha value is -0.0800. The van der Waals surface area contributed by atoms with E-state index in [9.17, 15) is 0 Å².